The number of hydrogen-bond donors (Lipinski definition) is 0. The van der Waals surface area contributed by atoms with Crippen LogP contribution in [0.15, 0.2) is 65.1 Å². The normalized spacial score (nSPS) is 10.6. The molecule has 3 aromatic carbocycles. The van der Waals surface area contributed by atoms with Crippen LogP contribution in [0.3, 0.4) is 0 Å². The number of unbranched alkanes of at least 4 members (excludes halogenated alkanes) is 14. The van der Waals surface area contributed by atoms with Gasteiger partial charge in [0.25, 0.3) is 0 Å². The van der Waals surface area contributed by atoms with Gasteiger partial charge in [0.2, 0.25) is 0 Å². The SMILES string of the molecule is CCCCCCCCCCOc1[c-]cc(OCCCCCCCCCC)c(-c2ccc(-c3ccc(Br)cc3)cc2)c1.[Br-].[Mg+2]. The zero-order chi connectivity index (χ0) is 29.0. The van der Waals surface area contributed by atoms with Gasteiger partial charge in [0, 0.05) is 16.0 Å². The molecule has 0 fully saturated rings. The third-order valence-electron chi connectivity index (χ3n) is 7.77. The van der Waals surface area contributed by atoms with Crippen molar-refractivity contribution in [3.63, 3.8) is 0 Å². The molecule has 3 aromatic rings. The summed E-state index contributed by atoms with van der Waals surface area (Å²) in [6.07, 6.45) is 20.8. The topological polar surface area (TPSA) is 18.5 Å². The first kappa shape index (κ1) is 40.0. The third kappa shape index (κ3) is 16.2. The summed E-state index contributed by atoms with van der Waals surface area (Å²) in [5.74, 6) is 1.70. The molecule has 0 aromatic heterocycles. The molecular formula is C38H52Br2MgO2. The molecule has 232 valence electrons. The minimum atomic E-state index is 0. The Hall–Kier alpha value is -1.01. The molecule has 0 saturated carbocycles. The molecule has 0 aliphatic heterocycles. The fraction of sp³-hybridized carbons (Fsp3) is 0.526. The van der Waals surface area contributed by atoms with Crippen LogP contribution in [-0.4, -0.2) is 36.3 Å². The first-order valence-corrected chi connectivity index (χ1v) is 17.2. The second-order valence-corrected chi connectivity index (χ2v) is 12.2. The number of hydrogen-bond acceptors (Lipinski definition) is 2. The monoisotopic (exact) mass is 722 g/mol. The fourth-order valence-electron chi connectivity index (χ4n) is 5.21. The molecule has 0 N–H and O–H groups in total. The van der Waals surface area contributed by atoms with Gasteiger partial charge in [-0.05, 0) is 41.7 Å². The molecule has 0 amide bonds. The van der Waals surface area contributed by atoms with E-state index in [1.165, 1.54) is 101 Å². The van der Waals surface area contributed by atoms with Crippen molar-refractivity contribution in [2.75, 3.05) is 13.2 Å². The van der Waals surface area contributed by atoms with E-state index in [-0.39, 0.29) is 40.0 Å². The van der Waals surface area contributed by atoms with Gasteiger partial charge in [-0.15, -0.1) is 18.2 Å². The summed E-state index contributed by atoms with van der Waals surface area (Å²) in [7, 11) is 0. The first-order valence-electron chi connectivity index (χ1n) is 16.4. The summed E-state index contributed by atoms with van der Waals surface area (Å²) in [6.45, 7) is 6.03. The Morgan fingerprint density at radius 1 is 0.558 bits per heavy atom. The molecule has 5 heteroatoms. The van der Waals surface area contributed by atoms with Crippen molar-refractivity contribution in [3.8, 4) is 33.8 Å². The van der Waals surface area contributed by atoms with E-state index in [0.717, 1.165) is 53.2 Å². The van der Waals surface area contributed by atoms with Gasteiger partial charge in [0.05, 0.1) is 13.2 Å². The Bertz CT molecular complexity index is 1090. The fourth-order valence-corrected chi connectivity index (χ4v) is 5.47. The molecular weight excluding hydrogens is 673 g/mol. The van der Waals surface area contributed by atoms with Crippen molar-refractivity contribution >= 4 is 39.0 Å². The zero-order valence-electron chi connectivity index (χ0n) is 26.8. The van der Waals surface area contributed by atoms with Crippen molar-refractivity contribution in [2.45, 2.75) is 117 Å². The second-order valence-electron chi connectivity index (χ2n) is 11.3. The van der Waals surface area contributed by atoms with Gasteiger partial charge in [-0.3, -0.25) is 0 Å². The van der Waals surface area contributed by atoms with E-state index in [0.29, 0.717) is 0 Å². The number of rotatable bonds is 22. The maximum absolute atomic E-state index is 6.33. The van der Waals surface area contributed by atoms with Crippen molar-refractivity contribution < 1.29 is 26.5 Å². The summed E-state index contributed by atoms with van der Waals surface area (Å²) in [5.41, 5.74) is 4.64. The summed E-state index contributed by atoms with van der Waals surface area (Å²) in [6, 6.07) is 24.7. The van der Waals surface area contributed by atoms with Crippen LogP contribution in [0.5, 0.6) is 11.5 Å². The van der Waals surface area contributed by atoms with Crippen LogP contribution in [0.25, 0.3) is 22.3 Å². The Kier molecular flexibility index (Phi) is 23.5. The maximum Gasteiger partial charge on any atom is 2.00 e. The van der Waals surface area contributed by atoms with Crippen molar-refractivity contribution in [3.05, 3.63) is 71.2 Å². The van der Waals surface area contributed by atoms with Crippen LogP contribution in [0.2, 0.25) is 0 Å². The number of benzene rings is 3. The van der Waals surface area contributed by atoms with Crippen LogP contribution >= 0.6 is 15.9 Å². The Morgan fingerprint density at radius 3 is 1.49 bits per heavy atom. The summed E-state index contributed by atoms with van der Waals surface area (Å²) in [4.78, 5) is 0. The molecule has 0 unspecified atom stereocenters. The van der Waals surface area contributed by atoms with Gasteiger partial charge < -0.3 is 26.5 Å². The van der Waals surface area contributed by atoms with Crippen molar-refractivity contribution in [1.82, 2.24) is 0 Å². The quantitative estimate of drug-likeness (QED) is 0.0585. The Morgan fingerprint density at radius 2 is 0.977 bits per heavy atom. The van der Waals surface area contributed by atoms with E-state index in [1.54, 1.807) is 0 Å². The summed E-state index contributed by atoms with van der Waals surface area (Å²) >= 11 is 3.53. The van der Waals surface area contributed by atoms with E-state index >= 15 is 0 Å². The predicted octanol–water partition coefficient (Wildman–Crippen LogP) is 9.25. The van der Waals surface area contributed by atoms with Gasteiger partial charge in [-0.25, -0.2) is 0 Å². The standard InChI is InChI=1S/C38H52BrO2.BrH.Mg/c1-3-5-7-9-11-13-15-17-29-40-36-27-28-38(41-30-18-16-14-12-10-8-6-4-2)37(31-36)34-21-19-32(20-22-34)33-23-25-35(39)26-24-33;;/h19-26,28,31H,3-18,29-30H2,1-2H3;1H;/q-1;;+2/p-1. The second kappa shape index (κ2) is 25.2. The molecule has 0 heterocycles. The van der Waals surface area contributed by atoms with Crippen LogP contribution < -0.4 is 26.5 Å². The average molecular weight is 725 g/mol. The maximum atomic E-state index is 6.33. The molecule has 0 saturated heterocycles. The molecule has 0 radical (unpaired) electrons. The van der Waals surface area contributed by atoms with Crippen LogP contribution in [0.4, 0.5) is 0 Å². The zero-order valence-corrected chi connectivity index (χ0v) is 31.4. The van der Waals surface area contributed by atoms with Gasteiger partial charge in [-0.1, -0.05) is 162 Å². The summed E-state index contributed by atoms with van der Waals surface area (Å²) in [5, 5.41) is 0. The van der Waals surface area contributed by atoms with E-state index in [2.05, 4.69) is 90.4 Å². The molecule has 0 bridgehead atoms. The van der Waals surface area contributed by atoms with Gasteiger partial charge in [0.1, 0.15) is 0 Å². The van der Waals surface area contributed by atoms with Gasteiger partial charge >= 0.3 is 23.1 Å². The smallest absolute Gasteiger partial charge is 1.00 e. The number of ether oxygens (including phenoxy) is 2. The van der Waals surface area contributed by atoms with Crippen LogP contribution in [-0.2, 0) is 0 Å². The molecule has 43 heavy (non-hydrogen) atoms. The predicted molar refractivity (Wildman–Crippen MR) is 186 cm³/mol. The van der Waals surface area contributed by atoms with Crippen molar-refractivity contribution in [2.24, 2.45) is 0 Å². The van der Waals surface area contributed by atoms with E-state index in [1.807, 2.05) is 6.07 Å². The molecule has 0 aliphatic carbocycles. The Labute approximate surface area is 298 Å². The molecule has 0 aliphatic rings. The van der Waals surface area contributed by atoms with E-state index in [9.17, 15) is 0 Å². The van der Waals surface area contributed by atoms with Crippen LogP contribution in [0.1, 0.15) is 117 Å². The molecule has 0 spiro atoms. The minimum absolute atomic E-state index is 0. The molecule has 0 atom stereocenters. The third-order valence-corrected chi connectivity index (χ3v) is 8.30. The number of halogens is 2. The Balaban J connectivity index is 0.00000462. The molecule has 2 nitrogen and oxygen atoms in total. The largest absolute Gasteiger partial charge is 2.00 e. The van der Waals surface area contributed by atoms with E-state index in [4.69, 9.17) is 9.47 Å². The van der Waals surface area contributed by atoms with Gasteiger partial charge in [-0.2, -0.15) is 0 Å². The van der Waals surface area contributed by atoms with Crippen molar-refractivity contribution in [1.29, 1.82) is 0 Å². The average Bonchev–Trinajstić information content (AvgIpc) is 3.00. The van der Waals surface area contributed by atoms with E-state index < -0.39 is 0 Å². The van der Waals surface area contributed by atoms with Crippen LogP contribution in [0, 0.1) is 6.07 Å². The molecule has 3 rings (SSSR count). The first-order chi connectivity index (χ1) is 20.2. The minimum Gasteiger partial charge on any atom is -1.00 e. The van der Waals surface area contributed by atoms with Gasteiger partial charge in [0.15, 0.2) is 0 Å². The summed E-state index contributed by atoms with van der Waals surface area (Å²) < 4.78 is 13.6.